The third kappa shape index (κ3) is 11.9. The lowest BCUT2D eigenvalue weighted by Crippen LogP contribution is -2.00. The van der Waals surface area contributed by atoms with E-state index in [0.717, 1.165) is 146 Å². The molecule has 0 saturated heterocycles. The summed E-state index contributed by atoms with van der Waals surface area (Å²) in [6.07, 6.45) is 7.15. The molecular weight excluding hydrogens is 1150 g/mol. The molecule has 11 heteroatoms. The first kappa shape index (κ1) is 56.3. The van der Waals surface area contributed by atoms with E-state index in [1.165, 1.54) is 0 Å². The first-order chi connectivity index (χ1) is 46.5. The van der Waals surface area contributed by atoms with Crippen LogP contribution in [0, 0.1) is 0 Å². The van der Waals surface area contributed by atoms with Crippen molar-refractivity contribution in [3.05, 3.63) is 322 Å². The van der Waals surface area contributed by atoms with Crippen molar-refractivity contribution in [2.24, 2.45) is 0 Å². The minimum atomic E-state index is 0.578. The van der Waals surface area contributed by atoms with Gasteiger partial charge < -0.3 is 0 Å². The van der Waals surface area contributed by atoms with Gasteiger partial charge in [-0.3, -0.25) is 19.9 Å². The molecule has 8 aromatic carbocycles. The maximum Gasteiger partial charge on any atom is 0.164 e. The third-order valence-corrected chi connectivity index (χ3v) is 16.6. The van der Waals surface area contributed by atoms with E-state index in [0.29, 0.717) is 23.3 Å². The average molecular weight is 1200 g/mol. The summed E-state index contributed by atoms with van der Waals surface area (Å²) in [6, 6.07) is 101. The Hall–Kier alpha value is -13.0. The van der Waals surface area contributed by atoms with E-state index in [2.05, 4.69) is 196 Å². The predicted octanol–water partition coefficient (Wildman–Crippen LogP) is 19.5. The highest BCUT2D eigenvalue weighted by molar-refractivity contribution is 5.91. The zero-order chi connectivity index (χ0) is 62.6. The summed E-state index contributed by atoms with van der Waals surface area (Å²) in [5.41, 5.74) is 22.0. The summed E-state index contributed by atoms with van der Waals surface area (Å²) < 4.78 is 0. The first-order valence-corrected chi connectivity index (χ1v) is 30.9. The van der Waals surface area contributed by atoms with Crippen molar-refractivity contribution in [3.8, 4) is 158 Å². The van der Waals surface area contributed by atoms with Crippen LogP contribution in [0.15, 0.2) is 322 Å². The smallest absolute Gasteiger partial charge is 0.164 e. The van der Waals surface area contributed by atoms with Gasteiger partial charge in [-0.05, 0) is 146 Å². The van der Waals surface area contributed by atoms with Crippen molar-refractivity contribution in [1.82, 2.24) is 54.8 Å². The number of aromatic nitrogens is 11. The molecule has 0 atom stereocenters. The monoisotopic (exact) mass is 1200 g/mol. The molecule has 94 heavy (non-hydrogen) atoms. The van der Waals surface area contributed by atoms with Crippen LogP contribution in [0.2, 0.25) is 0 Å². The average Bonchev–Trinajstić information content (AvgIpc) is 1.06. The van der Waals surface area contributed by atoms with Crippen LogP contribution < -0.4 is 0 Å². The number of hydrogen-bond acceptors (Lipinski definition) is 11. The van der Waals surface area contributed by atoms with Gasteiger partial charge >= 0.3 is 0 Å². The van der Waals surface area contributed by atoms with Crippen LogP contribution in [0.4, 0.5) is 0 Å². The van der Waals surface area contributed by atoms with E-state index < -0.39 is 0 Å². The quantitative estimate of drug-likeness (QED) is 0.103. The summed E-state index contributed by atoms with van der Waals surface area (Å²) in [4.78, 5) is 53.9. The minimum absolute atomic E-state index is 0.578. The number of nitrogens with zero attached hydrogens (tertiary/aromatic N) is 11. The molecule has 0 fully saturated rings. The Labute approximate surface area is 542 Å². The fraction of sp³-hybridized carbons (Fsp3) is 0. The molecule has 0 bridgehead atoms. The number of fused-ring (bicyclic) bond motifs is 1. The maximum atomic E-state index is 5.18. The van der Waals surface area contributed by atoms with Gasteiger partial charge in [-0.1, -0.05) is 206 Å². The highest BCUT2D eigenvalue weighted by Gasteiger charge is 2.18. The van der Waals surface area contributed by atoms with Gasteiger partial charge in [0.2, 0.25) is 0 Å². The van der Waals surface area contributed by atoms with Gasteiger partial charge in [0.15, 0.2) is 23.3 Å². The lowest BCUT2D eigenvalue weighted by atomic mass is 9.96. The van der Waals surface area contributed by atoms with Crippen LogP contribution in [0.1, 0.15) is 0 Å². The molecular formula is C83H53N11. The predicted molar refractivity (Wildman–Crippen MR) is 376 cm³/mol. The fourth-order valence-corrected chi connectivity index (χ4v) is 11.7. The van der Waals surface area contributed by atoms with Crippen molar-refractivity contribution in [1.29, 1.82) is 0 Å². The summed E-state index contributed by atoms with van der Waals surface area (Å²) >= 11 is 0. The van der Waals surface area contributed by atoms with Crippen molar-refractivity contribution < 1.29 is 0 Å². The van der Waals surface area contributed by atoms with E-state index in [1.807, 2.05) is 121 Å². The van der Waals surface area contributed by atoms with Gasteiger partial charge in [0.1, 0.15) is 0 Å². The molecule has 0 unspecified atom stereocenters. The summed E-state index contributed by atoms with van der Waals surface area (Å²) in [5, 5.41) is 2.25. The van der Waals surface area contributed by atoms with Crippen molar-refractivity contribution in [2.75, 3.05) is 0 Å². The van der Waals surface area contributed by atoms with Gasteiger partial charge in [0, 0.05) is 58.2 Å². The number of benzene rings is 8. The van der Waals surface area contributed by atoms with Crippen molar-refractivity contribution >= 4 is 10.8 Å². The number of hydrogen-bond donors (Lipinski definition) is 0. The summed E-state index contributed by atoms with van der Waals surface area (Å²) in [7, 11) is 0. The Bertz CT molecular complexity index is 5240. The van der Waals surface area contributed by atoms with Gasteiger partial charge in [-0.2, -0.15) is 0 Å². The molecule has 8 aromatic heterocycles. The van der Waals surface area contributed by atoms with E-state index in [9.17, 15) is 0 Å². The first-order valence-electron chi connectivity index (χ1n) is 30.9. The Morgan fingerprint density at radius 2 is 0.415 bits per heavy atom. The molecule has 0 N–H and O–H groups in total. The van der Waals surface area contributed by atoms with Crippen LogP contribution >= 0.6 is 0 Å². The fourth-order valence-electron chi connectivity index (χ4n) is 11.7. The zero-order valence-corrected chi connectivity index (χ0v) is 50.5. The standard InChI is InChI=1S/C83H53N11/c1-3-15-60(16-4-1)80-90-74(59-33-27-57(28-34-59)68-49-76(70-19-7-11-43-84-70)88-77(50-68)71-20-8-12-44-85-71)53-75(91-80)67-42-41-65-47-64(39-40-66(65)48-67)56-25-23-54(24-26-56)55-29-35-62(36-30-55)82-92-81(61-17-5-2-6-18-61)93-83(94-82)63-37-31-58(32-38-63)69-51-78(72-21-9-13-45-86-72)89-79(52-69)73-22-10-14-46-87-73/h1-53H. The SMILES string of the molecule is c1ccc(-c2nc(-c3ccc(-c4cc(-c5ccccn5)nc(-c5ccccn5)c4)cc3)cc(-c3ccc4cc(-c5ccc(-c6ccc(-c7nc(-c8ccccc8)nc(-c8ccc(-c9cc(-c%10ccccn%10)nc(-c%10ccccn%10)c9)cc8)n7)cc6)cc5)ccc4c3)n2)cc1. The van der Waals surface area contributed by atoms with Crippen molar-refractivity contribution in [3.63, 3.8) is 0 Å². The minimum Gasteiger partial charge on any atom is -0.255 e. The molecule has 440 valence electrons. The second-order valence-electron chi connectivity index (χ2n) is 22.7. The largest absolute Gasteiger partial charge is 0.255 e. The lowest BCUT2D eigenvalue weighted by molar-refractivity contribution is 1.07. The molecule has 8 heterocycles. The van der Waals surface area contributed by atoms with Crippen LogP contribution in [0.3, 0.4) is 0 Å². The molecule has 0 aliphatic carbocycles. The molecule has 0 amide bonds. The van der Waals surface area contributed by atoms with Gasteiger partial charge in [0.25, 0.3) is 0 Å². The second kappa shape index (κ2) is 25.1. The Morgan fingerprint density at radius 1 is 0.138 bits per heavy atom. The summed E-state index contributed by atoms with van der Waals surface area (Å²) in [5.74, 6) is 2.42. The summed E-state index contributed by atoms with van der Waals surface area (Å²) in [6.45, 7) is 0. The van der Waals surface area contributed by atoms with Gasteiger partial charge in [-0.25, -0.2) is 34.9 Å². The normalized spacial score (nSPS) is 11.2. The topological polar surface area (TPSA) is 142 Å². The third-order valence-electron chi connectivity index (χ3n) is 16.6. The Morgan fingerprint density at radius 3 is 0.787 bits per heavy atom. The van der Waals surface area contributed by atoms with E-state index in [4.69, 9.17) is 34.9 Å². The van der Waals surface area contributed by atoms with Gasteiger partial charge in [0.05, 0.1) is 56.9 Å². The molecule has 0 spiro atoms. The number of rotatable bonds is 14. The van der Waals surface area contributed by atoms with Crippen molar-refractivity contribution in [2.45, 2.75) is 0 Å². The molecule has 0 aliphatic heterocycles. The van der Waals surface area contributed by atoms with E-state index >= 15 is 0 Å². The molecule has 16 rings (SSSR count). The molecule has 0 saturated carbocycles. The Kier molecular flexibility index (Phi) is 15.0. The maximum absolute atomic E-state index is 5.18. The molecule has 0 radical (unpaired) electrons. The molecule has 11 nitrogen and oxygen atoms in total. The molecule has 16 aromatic rings. The van der Waals surface area contributed by atoms with Gasteiger partial charge in [-0.15, -0.1) is 0 Å². The van der Waals surface area contributed by atoms with Crippen LogP contribution in [0.25, 0.3) is 169 Å². The molecule has 0 aliphatic rings. The van der Waals surface area contributed by atoms with E-state index in [1.54, 1.807) is 24.8 Å². The highest BCUT2D eigenvalue weighted by atomic mass is 15.0. The highest BCUT2D eigenvalue weighted by Crippen LogP contribution is 2.37. The van der Waals surface area contributed by atoms with E-state index in [-0.39, 0.29) is 0 Å². The number of pyridine rings is 6. The Balaban J connectivity index is 0.649. The van der Waals surface area contributed by atoms with Crippen LogP contribution in [-0.4, -0.2) is 54.8 Å². The zero-order valence-electron chi connectivity index (χ0n) is 50.5. The van der Waals surface area contributed by atoms with Crippen LogP contribution in [0.5, 0.6) is 0 Å². The van der Waals surface area contributed by atoms with Crippen LogP contribution in [-0.2, 0) is 0 Å². The lowest BCUT2D eigenvalue weighted by Gasteiger charge is -2.12. The second-order valence-corrected chi connectivity index (χ2v) is 22.7.